The summed E-state index contributed by atoms with van der Waals surface area (Å²) in [6.07, 6.45) is 1.43. The van der Waals surface area contributed by atoms with Gasteiger partial charge >= 0.3 is 0 Å². The summed E-state index contributed by atoms with van der Waals surface area (Å²) < 4.78 is 5.78. The topological polar surface area (TPSA) is 107 Å². The van der Waals surface area contributed by atoms with E-state index in [4.69, 9.17) is 4.74 Å². The summed E-state index contributed by atoms with van der Waals surface area (Å²) >= 11 is 0. The van der Waals surface area contributed by atoms with Crippen LogP contribution in [0, 0.1) is 0 Å². The van der Waals surface area contributed by atoms with E-state index >= 15 is 0 Å². The zero-order valence-electron chi connectivity index (χ0n) is 14.5. The van der Waals surface area contributed by atoms with E-state index in [1.54, 1.807) is 6.07 Å². The molecule has 0 amide bonds. The lowest BCUT2D eigenvalue weighted by Crippen LogP contribution is -2.21. The molecule has 0 aromatic heterocycles. The van der Waals surface area contributed by atoms with E-state index in [1.165, 1.54) is 18.2 Å². The zero-order chi connectivity index (χ0) is 19.0. The zero-order valence-corrected chi connectivity index (χ0v) is 14.5. The lowest BCUT2D eigenvalue weighted by atomic mass is 9.92. The van der Waals surface area contributed by atoms with E-state index in [1.807, 2.05) is 19.9 Å². The van der Waals surface area contributed by atoms with Crippen molar-refractivity contribution in [2.24, 2.45) is 0 Å². The van der Waals surface area contributed by atoms with Gasteiger partial charge in [-0.15, -0.1) is 0 Å². The van der Waals surface area contributed by atoms with Gasteiger partial charge in [0, 0.05) is 11.6 Å². The highest BCUT2D eigenvalue weighted by Gasteiger charge is 2.32. The average Bonchev–Trinajstić information content (AvgIpc) is 2.56. The molecule has 26 heavy (non-hydrogen) atoms. The minimum Gasteiger partial charge on any atom is -0.507 e. The molecule has 1 heterocycles. The molecular weight excluding hydrogens is 336 g/mol. The molecule has 6 nitrogen and oxygen atoms in total. The molecule has 0 aliphatic carbocycles. The summed E-state index contributed by atoms with van der Waals surface area (Å²) in [4.78, 5) is 12.6. The third-order valence-corrected chi connectivity index (χ3v) is 4.35. The number of hydrogen-bond donors (Lipinski definition) is 4. The van der Waals surface area contributed by atoms with Crippen LogP contribution in [0.25, 0.3) is 0 Å². The highest BCUT2D eigenvalue weighted by Crippen LogP contribution is 2.45. The first-order chi connectivity index (χ1) is 12.3. The van der Waals surface area contributed by atoms with E-state index in [-0.39, 0.29) is 52.1 Å². The van der Waals surface area contributed by atoms with Gasteiger partial charge in [-0.2, -0.15) is 0 Å². The van der Waals surface area contributed by atoms with Crippen molar-refractivity contribution in [3.05, 3.63) is 52.6 Å². The van der Waals surface area contributed by atoms with E-state index in [0.717, 1.165) is 5.57 Å². The molecule has 0 fully saturated rings. The Kier molecular flexibility index (Phi) is 4.50. The molecule has 3 rings (SSSR count). The fourth-order valence-electron chi connectivity index (χ4n) is 2.93. The lowest BCUT2D eigenvalue weighted by Gasteiger charge is -2.27. The molecule has 2 aromatic rings. The normalized spacial score (nSPS) is 15.9. The Hall–Kier alpha value is -3.15. The van der Waals surface area contributed by atoms with Crippen LogP contribution in [0.2, 0.25) is 0 Å². The van der Waals surface area contributed by atoms with Crippen LogP contribution in [0.3, 0.4) is 0 Å². The summed E-state index contributed by atoms with van der Waals surface area (Å²) in [7, 11) is 0. The maximum absolute atomic E-state index is 12.6. The van der Waals surface area contributed by atoms with Crippen LogP contribution < -0.4 is 4.74 Å². The number of ether oxygens (including phenoxy) is 1. The number of phenols is 4. The Bertz CT molecular complexity index is 909. The predicted octanol–water partition coefficient (Wildman–Crippen LogP) is 3.72. The Morgan fingerprint density at radius 3 is 2.50 bits per heavy atom. The van der Waals surface area contributed by atoms with Gasteiger partial charge in [-0.3, -0.25) is 4.79 Å². The fourth-order valence-corrected chi connectivity index (χ4v) is 2.93. The van der Waals surface area contributed by atoms with Gasteiger partial charge in [0.2, 0.25) is 0 Å². The van der Waals surface area contributed by atoms with E-state index < -0.39 is 6.10 Å². The molecule has 0 spiro atoms. The number of aromatic hydroxyl groups is 4. The first-order valence-corrected chi connectivity index (χ1v) is 8.20. The van der Waals surface area contributed by atoms with Gasteiger partial charge in [0.1, 0.15) is 28.9 Å². The van der Waals surface area contributed by atoms with Crippen molar-refractivity contribution in [1.82, 2.24) is 0 Å². The maximum atomic E-state index is 12.6. The quantitative estimate of drug-likeness (QED) is 0.493. The van der Waals surface area contributed by atoms with Gasteiger partial charge < -0.3 is 25.2 Å². The molecule has 0 saturated carbocycles. The third-order valence-electron chi connectivity index (χ3n) is 4.35. The Morgan fingerprint density at radius 2 is 1.85 bits per heavy atom. The highest BCUT2D eigenvalue weighted by molar-refractivity contribution is 6.03. The number of fused-ring (bicyclic) bond motifs is 1. The van der Waals surface area contributed by atoms with Gasteiger partial charge in [0.15, 0.2) is 17.3 Å². The monoisotopic (exact) mass is 356 g/mol. The summed E-state index contributed by atoms with van der Waals surface area (Å²) in [6, 6.07) is 5.50. The van der Waals surface area contributed by atoms with Crippen LogP contribution in [-0.2, 0) is 6.42 Å². The van der Waals surface area contributed by atoms with Crippen LogP contribution >= 0.6 is 0 Å². The maximum Gasteiger partial charge on any atom is 0.174 e. The number of carbonyl (C=O) groups excluding carboxylic acids is 1. The standard InChI is InChI=1S/C20H20O6/c1-10(2)3-5-12-14(22)8-18-19(20(12)25)16(24)9-17(26-18)11-4-6-13(21)15(23)7-11/h3-4,6-8,17,21-23,25H,5,9H2,1-2H3/t17-/m1/s1. The number of hydrogen-bond acceptors (Lipinski definition) is 6. The van der Waals surface area contributed by atoms with E-state index in [2.05, 4.69) is 0 Å². The first-order valence-electron chi connectivity index (χ1n) is 8.20. The van der Waals surface area contributed by atoms with Gasteiger partial charge in [-0.1, -0.05) is 17.7 Å². The van der Waals surface area contributed by atoms with Crippen molar-refractivity contribution < 1.29 is 30.0 Å². The largest absolute Gasteiger partial charge is 0.507 e. The number of rotatable bonds is 3. The molecule has 136 valence electrons. The van der Waals surface area contributed by atoms with E-state index in [9.17, 15) is 25.2 Å². The van der Waals surface area contributed by atoms with Crippen LogP contribution in [-0.4, -0.2) is 26.2 Å². The number of phenolic OH excluding ortho intramolecular Hbond substituents is 4. The van der Waals surface area contributed by atoms with Crippen molar-refractivity contribution >= 4 is 5.78 Å². The average molecular weight is 356 g/mol. The molecule has 2 aromatic carbocycles. The molecule has 4 N–H and O–H groups in total. The molecule has 6 heteroatoms. The molecule has 0 unspecified atom stereocenters. The molecule has 1 aliphatic heterocycles. The van der Waals surface area contributed by atoms with Crippen LogP contribution in [0.5, 0.6) is 28.7 Å². The Balaban J connectivity index is 1.99. The minimum atomic E-state index is -0.691. The van der Waals surface area contributed by atoms with Gasteiger partial charge in [-0.25, -0.2) is 0 Å². The lowest BCUT2D eigenvalue weighted by molar-refractivity contribution is 0.0844. The predicted molar refractivity (Wildman–Crippen MR) is 95.0 cm³/mol. The van der Waals surface area contributed by atoms with Crippen LogP contribution in [0.1, 0.15) is 47.9 Å². The smallest absolute Gasteiger partial charge is 0.174 e. The summed E-state index contributed by atoms with van der Waals surface area (Å²) in [6.45, 7) is 3.80. The molecule has 0 saturated heterocycles. The Morgan fingerprint density at radius 1 is 1.12 bits per heavy atom. The molecular formula is C20H20O6. The molecule has 1 atom stereocenters. The second kappa shape index (κ2) is 6.63. The SMILES string of the molecule is CC(C)=CCc1c(O)cc2c(c1O)C(=O)C[C@H](c1ccc(O)c(O)c1)O2. The number of Topliss-reactive ketones (excluding diaryl/α,β-unsaturated/α-hetero) is 1. The number of ketones is 1. The van der Waals surface area contributed by atoms with Crippen molar-refractivity contribution in [2.75, 3.05) is 0 Å². The molecule has 0 radical (unpaired) electrons. The van der Waals surface area contributed by atoms with Gasteiger partial charge in [0.25, 0.3) is 0 Å². The van der Waals surface area contributed by atoms with Crippen molar-refractivity contribution in [2.45, 2.75) is 32.8 Å². The van der Waals surface area contributed by atoms with Crippen molar-refractivity contribution in [1.29, 1.82) is 0 Å². The second-order valence-electron chi connectivity index (χ2n) is 6.56. The Labute approximate surface area is 150 Å². The van der Waals surface area contributed by atoms with Crippen LogP contribution in [0.15, 0.2) is 35.9 Å². The summed E-state index contributed by atoms with van der Waals surface area (Å²) in [5, 5.41) is 39.8. The van der Waals surface area contributed by atoms with Gasteiger partial charge in [-0.05, 0) is 38.0 Å². The third kappa shape index (κ3) is 3.18. The van der Waals surface area contributed by atoms with Gasteiger partial charge in [0.05, 0.1) is 6.42 Å². The number of allylic oxidation sites excluding steroid dienone is 2. The van der Waals surface area contributed by atoms with Crippen molar-refractivity contribution in [3.8, 4) is 28.7 Å². The summed E-state index contributed by atoms with van der Waals surface area (Å²) in [5.41, 5.74) is 1.87. The van der Waals surface area contributed by atoms with Crippen molar-refractivity contribution in [3.63, 3.8) is 0 Å². The minimum absolute atomic E-state index is 0.0301. The van der Waals surface area contributed by atoms with Crippen LogP contribution in [0.4, 0.5) is 0 Å². The number of carbonyl (C=O) groups is 1. The highest BCUT2D eigenvalue weighted by atomic mass is 16.5. The molecule has 1 aliphatic rings. The first kappa shape index (κ1) is 17.7. The second-order valence-corrected chi connectivity index (χ2v) is 6.56. The summed E-state index contributed by atoms with van der Waals surface area (Å²) in [5.74, 6) is -1.23. The van der Waals surface area contributed by atoms with E-state index in [0.29, 0.717) is 12.0 Å². The number of benzene rings is 2. The fraction of sp³-hybridized carbons (Fsp3) is 0.250. The molecule has 0 bridgehead atoms.